The molecule has 120 valence electrons. The van der Waals surface area contributed by atoms with Gasteiger partial charge < -0.3 is 10.1 Å². The van der Waals surface area contributed by atoms with Crippen LogP contribution >= 0.6 is 0 Å². The third-order valence-corrected chi connectivity index (χ3v) is 3.51. The van der Waals surface area contributed by atoms with Crippen molar-refractivity contribution in [2.75, 3.05) is 11.9 Å². The first-order valence-electron chi connectivity index (χ1n) is 7.90. The second-order valence-electron chi connectivity index (χ2n) is 5.58. The van der Waals surface area contributed by atoms with E-state index in [1.54, 1.807) is 12.3 Å². The first-order valence-corrected chi connectivity index (χ1v) is 7.90. The van der Waals surface area contributed by atoms with Crippen LogP contribution in [0.5, 0.6) is 5.75 Å². The third kappa shape index (κ3) is 4.99. The van der Waals surface area contributed by atoms with Crippen LogP contribution in [-0.4, -0.2) is 12.4 Å². The Morgan fingerprint density at radius 3 is 2.30 bits per heavy atom. The lowest BCUT2D eigenvalue weighted by Gasteiger charge is -2.05. The minimum Gasteiger partial charge on any atom is -0.494 e. The minimum atomic E-state index is -0.0151. The van der Waals surface area contributed by atoms with Crippen molar-refractivity contribution in [1.29, 1.82) is 0 Å². The summed E-state index contributed by atoms with van der Waals surface area (Å²) in [5.41, 5.74) is 2.84. The van der Waals surface area contributed by atoms with Crippen molar-refractivity contribution in [3.63, 3.8) is 0 Å². The average molecular weight is 309 g/mol. The molecule has 0 aliphatic rings. The summed E-state index contributed by atoms with van der Waals surface area (Å²) in [5.74, 6) is 1.29. The predicted molar refractivity (Wildman–Crippen MR) is 95.2 cm³/mol. The van der Waals surface area contributed by atoms with Crippen LogP contribution < -0.4 is 10.1 Å². The fourth-order valence-electron chi connectivity index (χ4n) is 2.16. The van der Waals surface area contributed by atoms with Gasteiger partial charge in [-0.1, -0.05) is 38.1 Å². The number of benzene rings is 2. The number of hydrogen-bond donors (Lipinski definition) is 1. The summed E-state index contributed by atoms with van der Waals surface area (Å²) < 4.78 is 5.39. The van der Waals surface area contributed by atoms with Gasteiger partial charge in [-0.15, -0.1) is 0 Å². The molecule has 0 fully saturated rings. The number of nitrogens with one attached hydrogen (secondary N) is 1. The maximum atomic E-state index is 12.1. The summed E-state index contributed by atoms with van der Waals surface area (Å²) >= 11 is 0. The van der Waals surface area contributed by atoms with Crippen molar-refractivity contribution >= 4 is 11.5 Å². The zero-order chi connectivity index (χ0) is 16.7. The van der Waals surface area contributed by atoms with Gasteiger partial charge in [-0.05, 0) is 42.7 Å². The molecule has 0 radical (unpaired) electrons. The van der Waals surface area contributed by atoms with Crippen LogP contribution in [0, 0.1) is 0 Å². The molecule has 0 saturated heterocycles. The van der Waals surface area contributed by atoms with E-state index >= 15 is 0 Å². The maximum Gasteiger partial charge on any atom is 0.187 e. The Bertz CT molecular complexity index is 655. The summed E-state index contributed by atoms with van der Waals surface area (Å²) in [5, 5.41) is 3.09. The number of anilines is 1. The minimum absolute atomic E-state index is 0.0151. The summed E-state index contributed by atoms with van der Waals surface area (Å²) in [6, 6.07) is 15.4. The van der Waals surface area contributed by atoms with Gasteiger partial charge in [0.2, 0.25) is 0 Å². The van der Waals surface area contributed by atoms with E-state index in [1.807, 2.05) is 55.5 Å². The van der Waals surface area contributed by atoms with Gasteiger partial charge >= 0.3 is 0 Å². The SMILES string of the molecule is CCOc1ccc(NC=CC(=O)c2ccc(C(C)C)cc2)cc1. The second kappa shape index (κ2) is 8.18. The number of allylic oxidation sites excluding steroid dienone is 1. The van der Waals surface area contributed by atoms with E-state index in [4.69, 9.17) is 4.74 Å². The normalized spacial score (nSPS) is 11.0. The number of carbonyl (C=O) groups is 1. The van der Waals surface area contributed by atoms with Gasteiger partial charge in [-0.2, -0.15) is 0 Å². The molecular formula is C20H23NO2. The zero-order valence-corrected chi connectivity index (χ0v) is 13.9. The molecule has 0 aromatic heterocycles. The van der Waals surface area contributed by atoms with E-state index in [1.165, 1.54) is 5.56 Å². The molecule has 2 rings (SSSR count). The van der Waals surface area contributed by atoms with Crippen LogP contribution in [0.4, 0.5) is 5.69 Å². The summed E-state index contributed by atoms with van der Waals surface area (Å²) in [6.45, 7) is 6.87. The van der Waals surface area contributed by atoms with Gasteiger partial charge in [0.25, 0.3) is 0 Å². The molecule has 0 saturated carbocycles. The first-order chi connectivity index (χ1) is 11.1. The van der Waals surface area contributed by atoms with Crippen molar-refractivity contribution in [3.05, 3.63) is 71.9 Å². The molecule has 0 amide bonds. The van der Waals surface area contributed by atoms with Gasteiger partial charge in [0.1, 0.15) is 5.75 Å². The van der Waals surface area contributed by atoms with Crippen molar-refractivity contribution in [3.8, 4) is 5.75 Å². The largest absolute Gasteiger partial charge is 0.494 e. The molecular weight excluding hydrogens is 286 g/mol. The predicted octanol–water partition coefficient (Wildman–Crippen LogP) is 5.02. The highest BCUT2D eigenvalue weighted by Crippen LogP contribution is 2.16. The molecule has 0 heterocycles. The number of hydrogen-bond acceptors (Lipinski definition) is 3. The molecule has 2 aromatic carbocycles. The van der Waals surface area contributed by atoms with Crippen LogP contribution in [0.3, 0.4) is 0 Å². The second-order valence-corrected chi connectivity index (χ2v) is 5.58. The molecule has 0 unspecified atom stereocenters. The van der Waals surface area contributed by atoms with E-state index in [2.05, 4.69) is 19.2 Å². The van der Waals surface area contributed by atoms with Crippen molar-refractivity contribution in [1.82, 2.24) is 0 Å². The summed E-state index contributed by atoms with van der Waals surface area (Å²) in [6.07, 6.45) is 3.20. The Balaban J connectivity index is 1.92. The van der Waals surface area contributed by atoms with Gasteiger partial charge in [0, 0.05) is 23.5 Å². The Kier molecular flexibility index (Phi) is 5.98. The van der Waals surface area contributed by atoms with E-state index in [9.17, 15) is 4.79 Å². The number of rotatable bonds is 7. The molecule has 0 aliphatic carbocycles. The smallest absolute Gasteiger partial charge is 0.187 e. The lowest BCUT2D eigenvalue weighted by atomic mass is 10.0. The van der Waals surface area contributed by atoms with Crippen LogP contribution in [0.25, 0.3) is 0 Å². The Hall–Kier alpha value is -2.55. The number of ether oxygens (including phenoxy) is 1. The fraction of sp³-hybridized carbons (Fsp3) is 0.250. The quantitative estimate of drug-likeness (QED) is 0.576. The lowest BCUT2D eigenvalue weighted by molar-refractivity contribution is 0.104. The zero-order valence-electron chi connectivity index (χ0n) is 13.9. The van der Waals surface area contributed by atoms with Crippen LogP contribution in [0.1, 0.15) is 42.6 Å². The molecule has 3 nitrogen and oxygen atoms in total. The van der Waals surface area contributed by atoms with Gasteiger partial charge in [0.05, 0.1) is 6.61 Å². The molecule has 0 aliphatic heterocycles. The highest BCUT2D eigenvalue weighted by atomic mass is 16.5. The molecule has 2 aromatic rings. The third-order valence-electron chi connectivity index (χ3n) is 3.51. The van der Waals surface area contributed by atoms with E-state index < -0.39 is 0 Å². The topological polar surface area (TPSA) is 38.3 Å². The Labute approximate surface area is 138 Å². The Morgan fingerprint density at radius 2 is 1.74 bits per heavy atom. The van der Waals surface area contributed by atoms with E-state index in [0.29, 0.717) is 18.1 Å². The highest BCUT2D eigenvalue weighted by molar-refractivity contribution is 6.04. The van der Waals surface area contributed by atoms with E-state index in [-0.39, 0.29) is 5.78 Å². The first kappa shape index (κ1) is 16.8. The van der Waals surface area contributed by atoms with Crippen molar-refractivity contribution in [2.24, 2.45) is 0 Å². The average Bonchev–Trinajstić information content (AvgIpc) is 2.56. The van der Waals surface area contributed by atoms with E-state index in [0.717, 1.165) is 11.4 Å². The molecule has 0 bridgehead atoms. The molecule has 3 heteroatoms. The summed E-state index contributed by atoms with van der Waals surface area (Å²) in [4.78, 5) is 12.1. The molecule has 23 heavy (non-hydrogen) atoms. The maximum absolute atomic E-state index is 12.1. The highest BCUT2D eigenvalue weighted by Gasteiger charge is 2.03. The van der Waals surface area contributed by atoms with Crippen LogP contribution in [0.2, 0.25) is 0 Å². The summed E-state index contributed by atoms with van der Waals surface area (Å²) in [7, 11) is 0. The monoisotopic (exact) mass is 309 g/mol. The van der Waals surface area contributed by atoms with Crippen LogP contribution in [0.15, 0.2) is 60.8 Å². The molecule has 0 atom stereocenters. The number of carbonyl (C=O) groups excluding carboxylic acids is 1. The fourth-order valence-corrected chi connectivity index (χ4v) is 2.16. The van der Waals surface area contributed by atoms with Gasteiger partial charge in [0.15, 0.2) is 5.78 Å². The molecule has 0 spiro atoms. The lowest BCUT2D eigenvalue weighted by Crippen LogP contribution is -1.97. The molecule has 1 N–H and O–H groups in total. The standard InChI is InChI=1S/C20H23NO2/c1-4-23-19-11-9-18(10-12-19)21-14-13-20(22)17-7-5-16(6-8-17)15(2)3/h5-15,21H,4H2,1-3H3. The van der Waals surface area contributed by atoms with Crippen molar-refractivity contribution < 1.29 is 9.53 Å². The van der Waals surface area contributed by atoms with Crippen LogP contribution in [-0.2, 0) is 0 Å². The Morgan fingerprint density at radius 1 is 1.09 bits per heavy atom. The van der Waals surface area contributed by atoms with Gasteiger partial charge in [-0.25, -0.2) is 0 Å². The van der Waals surface area contributed by atoms with Crippen molar-refractivity contribution in [2.45, 2.75) is 26.7 Å². The van der Waals surface area contributed by atoms with Gasteiger partial charge in [-0.3, -0.25) is 4.79 Å². The number of ketones is 1.